The van der Waals surface area contributed by atoms with E-state index in [1.165, 1.54) is 11.8 Å². The average Bonchev–Trinajstić information content (AvgIpc) is 2.81. The minimum absolute atomic E-state index is 0.0316. The van der Waals surface area contributed by atoms with Crippen LogP contribution in [0.4, 0.5) is 11.4 Å². The van der Waals surface area contributed by atoms with Crippen LogP contribution in [0.1, 0.15) is 35.3 Å². The van der Waals surface area contributed by atoms with E-state index in [1.807, 2.05) is 56.3 Å². The molecule has 0 aliphatic heterocycles. The average molecular weight is 449 g/mol. The van der Waals surface area contributed by atoms with Crippen molar-refractivity contribution in [1.82, 2.24) is 0 Å². The second-order valence-electron chi connectivity index (χ2n) is 7.42. The molecule has 0 saturated carbocycles. The van der Waals surface area contributed by atoms with Crippen LogP contribution in [0.3, 0.4) is 0 Å². The maximum atomic E-state index is 12.8. The Kier molecular flexibility index (Phi) is 7.95. The van der Waals surface area contributed by atoms with Crippen LogP contribution in [0, 0.1) is 6.92 Å². The molecule has 0 radical (unpaired) electrons. The quantitative estimate of drug-likeness (QED) is 0.419. The van der Waals surface area contributed by atoms with Crippen molar-refractivity contribution < 1.29 is 14.3 Å². The van der Waals surface area contributed by atoms with Gasteiger partial charge in [0, 0.05) is 21.8 Å². The Hall–Kier alpha value is -3.25. The van der Waals surface area contributed by atoms with Crippen molar-refractivity contribution >= 4 is 35.0 Å². The first-order chi connectivity index (χ1) is 15.4. The van der Waals surface area contributed by atoms with E-state index in [0.29, 0.717) is 17.0 Å². The molecule has 3 rings (SSSR count). The van der Waals surface area contributed by atoms with Gasteiger partial charge in [-0.25, -0.2) is 0 Å². The lowest BCUT2D eigenvalue weighted by molar-refractivity contribution is -0.115. The number of anilines is 2. The monoisotopic (exact) mass is 448 g/mol. The molecule has 1 unspecified atom stereocenters. The highest BCUT2D eigenvalue weighted by atomic mass is 32.2. The van der Waals surface area contributed by atoms with Gasteiger partial charge in [-0.1, -0.05) is 25.1 Å². The Morgan fingerprint density at radius 3 is 2.28 bits per heavy atom. The van der Waals surface area contributed by atoms with Crippen LogP contribution in [0.15, 0.2) is 71.6 Å². The van der Waals surface area contributed by atoms with Gasteiger partial charge in [-0.05, 0) is 79.9 Å². The summed E-state index contributed by atoms with van der Waals surface area (Å²) in [4.78, 5) is 26.1. The number of thioether (sulfide) groups is 1. The summed E-state index contributed by atoms with van der Waals surface area (Å²) in [6, 6.07) is 20.5. The summed E-state index contributed by atoms with van der Waals surface area (Å²) in [6.45, 7) is 5.98. The summed E-state index contributed by atoms with van der Waals surface area (Å²) in [5, 5.41) is 5.71. The summed E-state index contributed by atoms with van der Waals surface area (Å²) in [6.07, 6.45) is 0.864. The standard InChI is InChI=1S/C26H28N2O3S/c1-5-19-8-6-7-17(2)24(19)28-25(29)18(3)32-23-15-11-21(12-16-23)27-26(30)20-9-13-22(31-4)14-10-20/h6-16,18H,5H2,1-4H3,(H,27,30)(H,28,29). The van der Waals surface area contributed by atoms with Crippen molar-refractivity contribution in [3.8, 4) is 5.75 Å². The molecular formula is C26H28N2O3S. The molecule has 5 nitrogen and oxygen atoms in total. The highest BCUT2D eigenvalue weighted by Crippen LogP contribution is 2.27. The van der Waals surface area contributed by atoms with Crippen molar-refractivity contribution in [2.24, 2.45) is 0 Å². The van der Waals surface area contributed by atoms with Crippen molar-refractivity contribution in [2.45, 2.75) is 37.3 Å². The van der Waals surface area contributed by atoms with Crippen molar-refractivity contribution in [1.29, 1.82) is 0 Å². The number of hydrogen-bond donors (Lipinski definition) is 2. The number of methoxy groups -OCH3 is 1. The van der Waals surface area contributed by atoms with Gasteiger partial charge in [-0.15, -0.1) is 11.8 Å². The number of aryl methyl sites for hydroxylation is 2. The van der Waals surface area contributed by atoms with E-state index in [2.05, 4.69) is 17.6 Å². The molecule has 1 atom stereocenters. The molecule has 0 fully saturated rings. The summed E-state index contributed by atoms with van der Waals surface area (Å²) < 4.78 is 5.12. The van der Waals surface area contributed by atoms with E-state index >= 15 is 0 Å². The number of nitrogens with one attached hydrogen (secondary N) is 2. The maximum Gasteiger partial charge on any atom is 0.255 e. The van der Waals surface area contributed by atoms with E-state index in [4.69, 9.17) is 4.74 Å². The molecular weight excluding hydrogens is 420 g/mol. The number of rotatable bonds is 8. The highest BCUT2D eigenvalue weighted by molar-refractivity contribution is 8.00. The topological polar surface area (TPSA) is 67.4 Å². The van der Waals surface area contributed by atoms with Gasteiger partial charge in [0.15, 0.2) is 0 Å². The number of hydrogen-bond acceptors (Lipinski definition) is 4. The Labute approximate surface area is 193 Å². The molecule has 0 spiro atoms. The fourth-order valence-electron chi connectivity index (χ4n) is 3.25. The van der Waals surface area contributed by atoms with Gasteiger partial charge >= 0.3 is 0 Å². The number of amides is 2. The van der Waals surface area contributed by atoms with Gasteiger partial charge < -0.3 is 15.4 Å². The molecule has 3 aromatic rings. The number of ether oxygens (including phenoxy) is 1. The molecule has 166 valence electrons. The SMILES string of the molecule is CCc1cccc(C)c1NC(=O)C(C)Sc1ccc(NC(=O)c2ccc(OC)cc2)cc1. The van der Waals surface area contributed by atoms with Crippen LogP contribution in [-0.4, -0.2) is 24.2 Å². The van der Waals surface area contributed by atoms with Crippen LogP contribution in [0.25, 0.3) is 0 Å². The van der Waals surface area contributed by atoms with E-state index in [-0.39, 0.29) is 17.1 Å². The molecule has 2 N–H and O–H groups in total. The smallest absolute Gasteiger partial charge is 0.255 e. The predicted octanol–water partition coefficient (Wildman–Crippen LogP) is 5.94. The zero-order valence-electron chi connectivity index (χ0n) is 18.8. The first kappa shape index (κ1) is 23.4. The fraction of sp³-hybridized carbons (Fsp3) is 0.231. The number of benzene rings is 3. The van der Waals surface area contributed by atoms with E-state index in [0.717, 1.165) is 28.1 Å². The molecule has 0 aliphatic carbocycles. The van der Waals surface area contributed by atoms with Crippen LogP contribution in [-0.2, 0) is 11.2 Å². The van der Waals surface area contributed by atoms with Gasteiger partial charge in [-0.2, -0.15) is 0 Å². The number of carbonyl (C=O) groups is 2. The lowest BCUT2D eigenvalue weighted by Crippen LogP contribution is -2.23. The zero-order valence-corrected chi connectivity index (χ0v) is 19.6. The zero-order chi connectivity index (χ0) is 23.1. The minimum atomic E-state index is -0.265. The summed E-state index contributed by atoms with van der Waals surface area (Å²) in [7, 11) is 1.59. The molecule has 2 amide bonds. The van der Waals surface area contributed by atoms with E-state index in [9.17, 15) is 9.59 Å². The van der Waals surface area contributed by atoms with Gasteiger partial charge in [0.1, 0.15) is 5.75 Å². The Morgan fingerprint density at radius 1 is 0.969 bits per heavy atom. The molecule has 0 bridgehead atoms. The third kappa shape index (κ3) is 5.92. The Bertz CT molecular complexity index is 1080. The molecule has 0 aliphatic rings. The molecule has 3 aromatic carbocycles. The normalized spacial score (nSPS) is 11.5. The van der Waals surface area contributed by atoms with Crippen LogP contribution >= 0.6 is 11.8 Å². The minimum Gasteiger partial charge on any atom is -0.497 e. The lowest BCUT2D eigenvalue weighted by Gasteiger charge is -2.16. The first-order valence-corrected chi connectivity index (χ1v) is 11.4. The molecule has 0 heterocycles. The van der Waals surface area contributed by atoms with E-state index in [1.54, 1.807) is 31.4 Å². The van der Waals surface area contributed by atoms with Crippen molar-refractivity contribution in [3.63, 3.8) is 0 Å². The third-order valence-electron chi connectivity index (χ3n) is 5.13. The fourth-order valence-corrected chi connectivity index (χ4v) is 4.11. The first-order valence-electron chi connectivity index (χ1n) is 10.5. The van der Waals surface area contributed by atoms with Crippen LogP contribution < -0.4 is 15.4 Å². The van der Waals surface area contributed by atoms with E-state index < -0.39 is 0 Å². The van der Waals surface area contributed by atoms with Gasteiger partial charge in [0.2, 0.25) is 5.91 Å². The predicted molar refractivity (Wildman–Crippen MR) is 132 cm³/mol. The van der Waals surface area contributed by atoms with Crippen molar-refractivity contribution in [2.75, 3.05) is 17.7 Å². The molecule has 6 heteroatoms. The second kappa shape index (κ2) is 10.9. The van der Waals surface area contributed by atoms with Gasteiger partial charge in [0.05, 0.1) is 12.4 Å². The van der Waals surface area contributed by atoms with Gasteiger partial charge in [0.25, 0.3) is 5.91 Å². The lowest BCUT2D eigenvalue weighted by atomic mass is 10.1. The summed E-state index contributed by atoms with van der Waals surface area (Å²) >= 11 is 1.48. The van der Waals surface area contributed by atoms with Crippen LogP contribution in [0.5, 0.6) is 5.75 Å². The largest absolute Gasteiger partial charge is 0.497 e. The second-order valence-corrected chi connectivity index (χ2v) is 8.83. The maximum absolute atomic E-state index is 12.8. The van der Waals surface area contributed by atoms with Gasteiger partial charge in [-0.3, -0.25) is 9.59 Å². The van der Waals surface area contributed by atoms with Crippen molar-refractivity contribution in [3.05, 3.63) is 83.4 Å². The number of para-hydroxylation sites is 1. The molecule has 0 saturated heterocycles. The molecule has 32 heavy (non-hydrogen) atoms. The third-order valence-corrected chi connectivity index (χ3v) is 6.25. The Morgan fingerprint density at radius 2 is 1.66 bits per heavy atom. The molecule has 0 aromatic heterocycles. The van der Waals surface area contributed by atoms with Crippen LogP contribution in [0.2, 0.25) is 0 Å². The number of carbonyl (C=O) groups excluding carboxylic acids is 2. The highest BCUT2D eigenvalue weighted by Gasteiger charge is 2.17. The summed E-state index contributed by atoms with van der Waals surface area (Å²) in [5.74, 6) is 0.482. The Balaban J connectivity index is 1.59. The summed E-state index contributed by atoms with van der Waals surface area (Å²) in [5.41, 5.74) is 4.35.